The number of hydrogen-bond acceptors (Lipinski definition) is 6. The zero-order valence-corrected chi connectivity index (χ0v) is 14.8. The first-order valence-corrected chi connectivity index (χ1v) is 9.15. The molecule has 1 N–H and O–H groups in total. The van der Waals surface area contributed by atoms with Crippen LogP contribution in [-0.4, -0.2) is 55.1 Å². The molecule has 3 aliphatic rings. The number of ether oxygens (including phenoxy) is 1. The Balaban J connectivity index is 1.49. The Morgan fingerprint density at radius 2 is 1.81 bits per heavy atom. The Morgan fingerprint density at radius 1 is 1.15 bits per heavy atom. The van der Waals surface area contributed by atoms with E-state index in [1.54, 1.807) is 12.1 Å². The molecule has 1 aromatic rings. The number of amides is 1. The van der Waals surface area contributed by atoms with Gasteiger partial charge in [-0.25, -0.2) is 9.18 Å². The second kappa shape index (κ2) is 6.60. The largest absolute Gasteiger partial charge is 0.441 e. The highest BCUT2D eigenvalue weighted by Gasteiger charge is 2.50. The van der Waals surface area contributed by atoms with Gasteiger partial charge in [0, 0.05) is 25.9 Å². The minimum absolute atomic E-state index is 0.0222. The molecule has 0 radical (unpaired) electrons. The molecule has 3 fully saturated rings. The van der Waals surface area contributed by atoms with Crippen LogP contribution >= 0.6 is 0 Å². The van der Waals surface area contributed by atoms with Gasteiger partial charge in [-0.1, -0.05) is 0 Å². The summed E-state index contributed by atoms with van der Waals surface area (Å²) in [6, 6.07) is 4.50. The first-order chi connectivity index (χ1) is 12.9. The highest BCUT2D eigenvalue weighted by atomic mass is 19.1. The number of aliphatic hydroxyl groups is 1. The van der Waals surface area contributed by atoms with E-state index in [0.29, 0.717) is 50.1 Å². The number of ketones is 2. The molecule has 1 amide bonds. The third kappa shape index (κ3) is 2.88. The summed E-state index contributed by atoms with van der Waals surface area (Å²) in [6.45, 7) is 0.762. The fourth-order valence-electron chi connectivity index (χ4n) is 4.30. The molecule has 1 saturated carbocycles. The summed E-state index contributed by atoms with van der Waals surface area (Å²) in [4.78, 5) is 39.3. The molecule has 27 heavy (non-hydrogen) atoms. The molecule has 1 aromatic carbocycles. The van der Waals surface area contributed by atoms with E-state index in [9.17, 15) is 18.8 Å². The van der Waals surface area contributed by atoms with E-state index in [1.165, 1.54) is 11.0 Å². The van der Waals surface area contributed by atoms with Crippen molar-refractivity contribution in [1.29, 1.82) is 0 Å². The van der Waals surface area contributed by atoms with Crippen LogP contribution in [0, 0.1) is 11.2 Å². The second-order valence-corrected chi connectivity index (χ2v) is 7.35. The quantitative estimate of drug-likeness (QED) is 0.808. The Labute approximate surface area is 155 Å². The Morgan fingerprint density at radius 3 is 2.37 bits per heavy atom. The molecule has 2 saturated heterocycles. The van der Waals surface area contributed by atoms with Gasteiger partial charge in [-0.3, -0.25) is 14.5 Å². The van der Waals surface area contributed by atoms with Crippen molar-refractivity contribution in [3.8, 4) is 0 Å². The summed E-state index contributed by atoms with van der Waals surface area (Å²) in [7, 11) is 0. The van der Waals surface area contributed by atoms with Crippen LogP contribution in [0.1, 0.15) is 25.7 Å². The Bertz CT molecular complexity index is 785. The van der Waals surface area contributed by atoms with Crippen molar-refractivity contribution in [2.24, 2.45) is 5.41 Å². The standard InChI is InChI=1S/C19H21FN2O5/c20-14-9-12(22-10-13(11-23)27-18(22)26)1-2-15(14)21-7-5-19(6-8-21)16(24)3-4-17(19)25/h1-2,9,13,23H,3-8,10-11H2. The van der Waals surface area contributed by atoms with Gasteiger partial charge in [0.05, 0.1) is 29.9 Å². The third-order valence-corrected chi connectivity index (χ3v) is 5.92. The number of carbonyl (C=O) groups excluding carboxylic acids is 3. The van der Waals surface area contributed by atoms with Gasteiger partial charge in [0.25, 0.3) is 0 Å². The van der Waals surface area contributed by atoms with Crippen LogP contribution in [0.3, 0.4) is 0 Å². The van der Waals surface area contributed by atoms with Gasteiger partial charge < -0.3 is 14.7 Å². The maximum Gasteiger partial charge on any atom is 0.414 e. The van der Waals surface area contributed by atoms with Gasteiger partial charge in [0.2, 0.25) is 0 Å². The van der Waals surface area contributed by atoms with Gasteiger partial charge in [0.1, 0.15) is 23.5 Å². The van der Waals surface area contributed by atoms with Crippen LogP contribution in [0.15, 0.2) is 18.2 Å². The normalized spacial score (nSPS) is 24.8. The lowest BCUT2D eigenvalue weighted by atomic mass is 9.75. The number of rotatable bonds is 3. The Kier molecular flexibility index (Phi) is 4.38. The van der Waals surface area contributed by atoms with Gasteiger partial charge >= 0.3 is 6.09 Å². The minimum Gasteiger partial charge on any atom is -0.441 e. The molecule has 1 aliphatic carbocycles. The fourth-order valence-corrected chi connectivity index (χ4v) is 4.30. The number of cyclic esters (lactones) is 1. The fraction of sp³-hybridized carbons (Fsp3) is 0.526. The number of piperidine rings is 1. The third-order valence-electron chi connectivity index (χ3n) is 5.92. The molecule has 2 heterocycles. The van der Waals surface area contributed by atoms with Crippen LogP contribution in [0.4, 0.5) is 20.6 Å². The van der Waals surface area contributed by atoms with Crippen LogP contribution < -0.4 is 9.80 Å². The molecule has 0 aromatic heterocycles. The number of aliphatic hydroxyl groups excluding tert-OH is 1. The van der Waals surface area contributed by atoms with Gasteiger partial charge in [-0.2, -0.15) is 0 Å². The summed E-state index contributed by atoms with van der Waals surface area (Å²) in [5.74, 6) is -0.435. The zero-order chi connectivity index (χ0) is 19.2. The van der Waals surface area contributed by atoms with Gasteiger partial charge in [-0.15, -0.1) is 0 Å². The van der Waals surface area contributed by atoms with E-state index >= 15 is 0 Å². The van der Waals surface area contributed by atoms with Crippen LogP contribution in [0.2, 0.25) is 0 Å². The molecule has 0 bridgehead atoms. The second-order valence-electron chi connectivity index (χ2n) is 7.35. The van der Waals surface area contributed by atoms with E-state index in [4.69, 9.17) is 9.84 Å². The molecule has 1 atom stereocenters. The predicted octanol–water partition coefficient (Wildman–Crippen LogP) is 1.66. The summed E-state index contributed by atoms with van der Waals surface area (Å²) < 4.78 is 19.7. The van der Waals surface area contributed by atoms with Crippen LogP contribution in [-0.2, 0) is 14.3 Å². The molecule has 7 nitrogen and oxygen atoms in total. The number of halogens is 1. The van der Waals surface area contributed by atoms with Crippen molar-refractivity contribution < 1.29 is 28.6 Å². The topological polar surface area (TPSA) is 87.2 Å². The van der Waals surface area contributed by atoms with Crippen molar-refractivity contribution in [3.63, 3.8) is 0 Å². The summed E-state index contributed by atoms with van der Waals surface area (Å²) in [6.07, 6.45) is 0.260. The SMILES string of the molecule is O=C1OC(CO)CN1c1ccc(N2CCC3(CC2)C(=O)CCC3=O)c(F)c1. The lowest BCUT2D eigenvalue weighted by molar-refractivity contribution is -0.136. The lowest BCUT2D eigenvalue weighted by Crippen LogP contribution is -2.46. The van der Waals surface area contributed by atoms with Crippen molar-refractivity contribution in [2.75, 3.05) is 36.0 Å². The average Bonchev–Trinajstić information content (AvgIpc) is 3.18. The molecule has 8 heteroatoms. The summed E-state index contributed by atoms with van der Waals surface area (Å²) in [5, 5.41) is 9.11. The van der Waals surface area contributed by atoms with Crippen LogP contribution in [0.5, 0.6) is 0 Å². The monoisotopic (exact) mass is 376 g/mol. The molecule has 1 unspecified atom stereocenters. The molecule has 4 rings (SSSR count). The number of carbonyl (C=O) groups is 3. The van der Waals surface area contributed by atoms with E-state index in [1.807, 2.05) is 4.90 Å². The maximum atomic E-state index is 14.7. The highest BCUT2D eigenvalue weighted by molar-refractivity contribution is 6.13. The lowest BCUT2D eigenvalue weighted by Gasteiger charge is -2.38. The van der Waals surface area contributed by atoms with Crippen molar-refractivity contribution >= 4 is 29.0 Å². The molecular weight excluding hydrogens is 355 g/mol. The maximum absolute atomic E-state index is 14.7. The molecular formula is C19H21FN2O5. The van der Waals surface area contributed by atoms with Crippen molar-refractivity contribution in [2.45, 2.75) is 31.8 Å². The minimum atomic E-state index is -0.856. The number of hydrogen-bond donors (Lipinski definition) is 1. The predicted molar refractivity (Wildman–Crippen MR) is 94.2 cm³/mol. The van der Waals surface area contributed by atoms with Crippen LogP contribution in [0.25, 0.3) is 0 Å². The number of anilines is 2. The van der Waals surface area contributed by atoms with E-state index in [2.05, 4.69) is 0 Å². The van der Waals surface area contributed by atoms with Crippen molar-refractivity contribution in [1.82, 2.24) is 0 Å². The van der Waals surface area contributed by atoms with E-state index in [-0.39, 0.29) is 24.7 Å². The van der Waals surface area contributed by atoms with E-state index in [0.717, 1.165) is 0 Å². The molecule has 144 valence electrons. The number of benzene rings is 1. The summed E-state index contributed by atoms with van der Waals surface area (Å²) >= 11 is 0. The smallest absolute Gasteiger partial charge is 0.414 e. The van der Waals surface area contributed by atoms with Gasteiger partial charge in [0.15, 0.2) is 0 Å². The van der Waals surface area contributed by atoms with Crippen molar-refractivity contribution in [3.05, 3.63) is 24.0 Å². The number of nitrogens with zero attached hydrogens (tertiary/aromatic N) is 2. The van der Waals surface area contributed by atoms with E-state index < -0.39 is 23.4 Å². The zero-order valence-electron chi connectivity index (χ0n) is 14.8. The number of Topliss-reactive ketones (excluding diaryl/α,β-unsaturated/α-hetero) is 2. The first kappa shape index (κ1) is 17.9. The van der Waals surface area contributed by atoms with Gasteiger partial charge in [-0.05, 0) is 31.0 Å². The summed E-state index contributed by atoms with van der Waals surface area (Å²) in [5.41, 5.74) is -0.101. The molecule has 1 spiro atoms. The average molecular weight is 376 g/mol. The Hall–Kier alpha value is -2.48. The highest BCUT2D eigenvalue weighted by Crippen LogP contribution is 2.42. The molecule has 2 aliphatic heterocycles. The first-order valence-electron chi connectivity index (χ1n) is 9.15.